The van der Waals surface area contributed by atoms with Crippen LogP contribution in [0, 0.1) is 0 Å². The van der Waals surface area contributed by atoms with Crippen molar-refractivity contribution >= 4 is 39.1 Å². The smallest absolute Gasteiger partial charge is 0.326 e. The Balaban J connectivity index is 2.16. The van der Waals surface area contributed by atoms with Crippen LogP contribution in [0.2, 0.25) is 0 Å². The summed E-state index contributed by atoms with van der Waals surface area (Å²) in [7, 11) is 0. The second-order valence-corrected chi connectivity index (χ2v) is 7.45. The highest BCUT2D eigenvalue weighted by Gasteiger charge is 2.26. The van der Waals surface area contributed by atoms with Gasteiger partial charge in [0.15, 0.2) is 0 Å². The minimum absolute atomic E-state index is 0.187. The van der Waals surface area contributed by atoms with E-state index in [1.165, 1.54) is 23.2 Å². The standard InChI is InChI=1S/C16H16BrNO3S/c1-11(16(20)21)18(10-12-5-3-2-4-6-12)15(19)9-13-7-8-14(17)22-13/h2-8,11H,9-10H2,1H3,(H,20,21). The highest BCUT2D eigenvalue weighted by molar-refractivity contribution is 9.11. The molecule has 1 aromatic carbocycles. The van der Waals surface area contributed by atoms with Crippen LogP contribution in [0.25, 0.3) is 0 Å². The first kappa shape index (κ1) is 16.7. The Bertz CT molecular complexity index is 656. The summed E-state index contributed by atoms with van der Waals surface area (Å²) in [6.07, 6.45) is 0.209. The maximum Gasteiger partial charge on any atom is 0.326 e. The molecule has 0 aliphatic heterocycles. The number of carboxylic acids is 1. The van der Waals surface area contributed by atoms with Gasteiger partial charge in [0.05, 0.1) is 10.2 Å². The number of carbonyl (C=O) groups is 2. The minimum Gasteiger partial charge on any atom is -0.480 e. The van der Waals surface area contributed by atoms with Gasteiger partial charge in [-0.3, -0.25) is 4.79 Å². The van der Waals surface area contributed by atoms with Gasteiger partial charge in [-0.15, -0.1) is 11.3 Å². The largest absolute Gasteiger partial charge is 0.480 e. The normalized spacial score (nSPS) is 11.9. The molecule has 0 saturated heterocycles. The first-order valence-corrected chi connectivity index (χ1v) is 8.38. The molecule has 2 rings (SSSR count). The summed E-state index contributed by atoms with van der Waals surface area (Å²) in [4.78, 5) is 26.1. The zero-order chi connectivity index (χ0) is 16.1. The first-order chi connectivity index (χ1) is 10.5. The van der Waals surface area contributed by atoms with Crippen LogP contribution in [-0.2, 0) is 22.6 Å². The lowest BCUT2D eigenvalue weighted by Gasteiger charge is -2.26. The summed E-state index contributed by atoms with van der Waals surface area (Å²) < 4.78 is 0.955. The van der Waals surface area contributed by atoms with Crippen LogP contribution in [0.5, 0.6) is 0 Å². The second kappa shape index (κ2) is 7.56. The summed E-state index contributed by atoms with van der Waals surface area (Å²) in [5, 5.41) is 9.25. The maximum atomic E-state index is 12.5. The van der Waals surface area contributed by atoms with Crippen LogP contribution in [0.15, 0.2) is 46.3 Å². The van der Waals surface area contributed by atoms with Crippen LogP contribution in [-0.4, -0.2) is 27.9 Å². The fraction of sp³-hybridized carbons (Fsp3) is 0.250. The quantitative estimate of drug-likeness (QED) is 0.831. The average Bonchev–Trinajstić information content (AvgIpc) is 2.90. The van der Waals surface area contributed by atoms with E-state index in [0.717, 1.165) is 14.2 Å². The van der Waals surface area contributed by atoms with E-state index in [9.17, 15) is 14.7 Å². The van der Waals surface area contributed by atoms with Gasteiger partial charge in [0.25, 0.3) is 0 Å². The van der Waals surface area contributed by atoms with Gasteiger partial charge in [-0.25, -0.2) is 4.79 Å². The summed E-state index contributed by atoms with van der Waals surface area (Å²) in [5.41, 5.74) is 0.913. The van der Waals surface area contributed by atoms with E-state index in [0.29, 0.717) is 6.54 Å². The van der Waals surface area contributed by atoms with Crippen LogP contribution in [0.3, 0.4) is 0 Å². The van der Waals surface area contributed by atoms with E-state index in [-0.39, 0.29) is 12.3 Å². The van der Waals surface area contributed by atoms with Crippen molar-refractivity contribution in [3.05, 3.63) is 56.7 Å². The maximum absolute atomic E-state index is 12.5. The zero-order valence-corrected chi connectivity index (χ0v) is 14.4. The number of benzene rings is 1. The molecule has 0 spiro atoms. The Labute approximate surface area is 141 Å². The van der Waals surface area contributed by atoms with Gasteiger partial charge < -0.3 is 10.0 Å². The second-order valence-electron chi connectivity index (χ2n) is 4.90. The number of carboxylic acid groups (broad SMARTS) is 1. The summed E-state index contributed by atoms with van der Waals surface area (Å²) in [5.74, 6) is -1.19. The van der Waals surface area contributed by atoms with Crippen molar-refractivity contribution in [2.24, 2.45) is 0 Å². The number of carbonyl (C=O) groups excluding carboxylic acids is 1. The van der Waals surface area contributed by atoms with Gasteiger partial charge in [0.1, 0.15) is 6.04 Å². The molecule has 116 valence electrons. The molecule has 1 N–H and O–H groups in total. The fourth-order valence-electron chi connectivity index (χ4n) is 2.05. The van der Waals surface area contributed by atoms with Gasteiger partial charge in [-0.05, 0) is 40.5 Å². The molecule has 1 heterocycles. The minimum atomic E-state index is -1.00. The SMILES string of the molecule is CC(C(=O)O)N(Cc1ccccc1)C(=O)Cc1ccc(Br)s1. The van der Waals surface area contributed by atoms with E-state index < -0.39 is 12.0 Å². The number of hydrogen-bond acceptors (Lipinski definition) is 3. The van der Waals surface area contributed by atoms with E-state index in [2.05, 4.69) is 15.9 Å². The number of thiophene rings is 1. The Morgan fingerprint density at radius 3 is 2.45 bits per heavy atom. The molecule has 1 unspecified atom stereocenters. The van der Waals surface area contributed by atoms with Crippen molar-refractivity contribution in [1.82, 2.24) is 4.90 Å². The molecule has 0 bridgehead atoms. The topological polar surface area (TPSA) is 57.6 Å². The lowest BCUT2D eigenvalue weighted by molar-refractivity contribution is -0.149. The van der Waals surface area contributed by atoms with Crippen molar-refractivity contribution in [2.75, 3.05) is 0 Å². The monoisotopic (exact) mass is 381 g/mol. The van der Waals surface area contributed by atoms with Crippen molar-refractivity contribution in [3.8, 4) is 0 Å². The third-order valence-electron chi connectivity index (χ3n) is 3.30. The van der Waals surface area contributed by atoms with Gasteiger partial charge >= 0.3 is 5.97 Å². The highest BCUT2D eigenvalue weighted by Crippen LogP contribution is 2.23. The molecule has 0 saturated carbocycles. The lowest BCUT2D eigenvalue weighted by atomic mass is 10.1. The molecule has 0 fully saturated rings. The van der Waals surface area contributed by atoms with Crippen LogP contribution < -0.4 is 0 Å². The van der Waals surface area contributed by atoms with Crippen molar-refractivity contribution < 1.29 is 14.7 Å². The Kier molecular flexibility index (Phi) is 5.74. The highest BCUT2D eigenvalue weighted by atomic mass is 79.9. The van der Waals surface area contributed by atoms with Crippen molar-refractivity contribution in [1.29, 1.82) is 0 Å². The van der Waals surface area contributed by atoms with Gasteiger partial charge in [-0.2, -0.15) is 0 Å². The van der Waals surface area contributed by atoms with Crippen molar-refractivity contribution in [2.45, 2.75) is 25.9 Å². The fourth-order valence-corrected chi connectivity index (χ4v) is 3.53. The predicted molar refractivity (Wildman–Crippen MR) is 89.8 cm³/mol. The van der Waals surface area contributed by atoms with E-state index >= 15 is 0 Å². The van der Waals surface area contributed by atoms with Gasteiger partial charge in [0.2, 0.25) is 5.91 Å². The third-order valence-corrected chi connectivity index (χ3v) is 4.92. The van der Waals surface area contributed by atoms with Gasteiger partial charge in [-0.1, -0.05) is 30.3 Å². The average molecular weight is 382 g/mol. The molecule has 4 nitrogen and oxygen atoms in total. The van der Waals surface area contributed by atoms with E-state index in [1.807, 2.05) is 42.5 Å². The predicted octanol–water partition coefficient (Wildman–Crippen LogP) is 3.56. The first-order valence-electron chi connectivity index (χ1n) is 6.78. The molecular formula is C16H16BrNO3S. The number of amides is 1. The number of rotatable bonds is 6. The molecule has 1 aromatic heterocycles. The molecular weight excluding hydrogens is 366 g/mol. The van der Waals surface area contributed by atoms with Crippen molar-refractivity contribution in [3.63, 3.8) is 0 Å². The molecule has 6 heteroatoms. The Morgan fingerprint density at radius 1 is 1.23 bits per heavy atom. The third kappa shape index (κ3) is 4.42. The van der Waals surface area contributed by atoms with E-state index in [1.54, 1.807) is 0 Å². The van der Waals surface area contributed by atoms with Crippen LogP contribution >= 0.6 is 27.3 Å². The van der Waals surface area contributed by atoms with Gasteiger partial charge in [0, 0.05) is 11.4 Å². The molecule has 0 aliphatic carbocycles. The van der Waals surface area contributed by atoms with E-state index in [4.69, 9.17) is 0 Å². The number of nitrogens with zero attached hydrogens (tertiary/aromatic N) is 1. The number of halogens is 1. The summed E-state index contributed by atoms with van der Waals surface area (Å²) in [6, 6.07) is 12.3. The molecule has 1 atom stereocenters. The zero-order valence-electron chi connectivity index (χ0n) is 12.0. The molecule has 0 aliphatic rings. The van der Waals surface area contributed by atoms with Crippen LogP contribution in [0.4, 0.5) is 0 Å². The molecule has 0 radical (unpaired) electrons. The number of hydrogen-bond donors (Lipinski definition) is 1. The molecule has 1 amide bonds. The molecule has 22 heavy (non-hydrogen) atoms. The summed E-state index contributed by atoms with van der Waals surface area (Å²) >= 11 is 4.85. The lowest BCUT2D eigenvalue weighted by Crippen LogP contribution is -2.43. The Morgan fingerprint density at radius 2 is 1.91 bits per heavy atom. The Hall–Kier alpha value is -1.66. The number of aliphatic carboxylic acids is 1. The molecule has 2 aromatic rings. The summed E-state index contributed by atoms with van der Waals surface area (Å²) in [6.45, 7) is 1.83. The van der Waals surface area contributed by atoms with Crippen LogP contribution in [0.1, 0.15) is 17.4 Å².